The minimum absolute atomic E-state index is 0.516. The van der Waals surface area contributed by atoms with E-state index < -0.39 is 8.80 Å². The molecule has 1 unspecified atom stereocenters. The fourth-order valence-electron chi connectivity index (χ4n) is 4.75. The first-order valence-electron chi connectivity index (χ1n) is 13.8. The van der Waals surface area contributed by atoms with Crippen LogP contribution in [0.2, 0.25) is 17.6 Å². The van der Waals surface area contributed by atoms with Crippen molar-refractivity contribution in [1.82, 2.24) is 0 Å². The lowest BCUT2D eigenvalue weighted by Gasteiger charge is -2.23. The molecule has 0 aromatic rings. The average molecular weight is 411 g/mol. The highest BCUT2D eigenvalue weighted by Crippen LogP contribution is 2.28. The Morgan fingerprint density at radius 1 is 0.429 bits per heavy atom. The van der Waals surface area contributed by atoms with E-state index in [9.17, 15) is 0 Å². The third-order valence-electron chi connectivity index (χ3n) is 6.92. The van der Waals surface area contributed by atoms with E-state index in [1.165, 1.54) is 109 Å². The number of hydrogen-bond acceptors (Lipinski definition) is 0. The second kappa shape index (κ2) is 23.5. The molecule has 1 heteroatoms. The molecule has 0 aliphatic carbocycles. The van der Waals surface area contributed by atoms with Crippen LogP contribution < -0.4 is 0 Å². The van der Waals surface area contributed by atoms with E-state index in [1.807, 2.05) is 0 Å². The number of unbranched alkanes of at least 4 members (excludes halogenated alkanes) is 16. The summed E-state index contributed by atoms with van der Waals surface area (Å²) in [5, 5.41) is 0. The maximum absolute atomic E-state index is 2.64. The topological polar surface area (TPSA) is 0 Å². The van der Waals surface area contributed by atoms with Crippen molar-refractivity contribution >= 4 is 8.80 Å². The zero-order chi connectivity index (χ0) is 20.7. The largest absolute Gasteiger partial charge is 0.0654 e. The average Bonchev–Trinajstić information content (AvgIpc) is 2.70. The molecule has 0 saturated carbocycles. The van der Waals surface area contributed by atoms with E-state index in [4.69, 9.17) is 0 Å². The molecule has 0 heterocycles. The highest BCUT2D eigenvalue weighted by molar-refractivity contribution is 6.60. The van der Waals surface area contributed by atoms with Crippen LogP contribution in [0.15, 0.2) is 0 Å². The van der Waals surface area contributed by atoms with Gasteiger partial charge in [-0.25, -0.2) is 0 Å². The second-order valence-corrected chi connectivity index (χ2v) is 13.6. The highest BCUT2D eigenvalue weighted by Gasteiger charge is 2.18. The summed E-state index contributed by atoms with van der Waals surface area (Å²) >= 11 is 0. The zero-order valence-electron chi connectivity index (χ0n) is 20.7. The minimum atomic E-state index is -0.516. The van der Waals surface area contributed by atoms with Gasteiger partial charge in [0.15, 0.2) is 0 Å². The highest BCUT2D eigenvalue weighted by atomic mass is 28.3. The summed E-state index contributed by atoms with van der Waals surface area (Å²) in [4.78, 5) is 0. The van der Waals surface area contributed by atoms with Crippen LogP contribution in [0.25, 0.3) is 0 Å². The number of rotatable bonds is 23. The molecule has 0 aliphatic rings. The molecule has 0 aromatic heterocycles. The van der Waals surface area contributed by atoms with Crippen LogP contribution in [0.1, 0.15) is 156 Å². The van der Waals surface area contributed by atoms with E-state index >= 15 is 0 Å². The van der Waals surface area contributed by atoms with Crippen LogP contribution in [0.5, 0.6) is 0 Å². The fourth-order valence-corrected chi connectivity index (χ4v) is 8.51. The zero-order valence-corrected chi connectivity index (χ0v) is 21.9. The van der Waals surface area contributed by atoms with Crippen molar-refractivity contribution in [3.05, 3.63) is 0 Å². The van der Waals surface area contributed by atoms with Gasteiger partial charge in [0.25, 0.3) is 0 Å². The Bertz CT molecular complexity index is 259. The van der Waals surface area contributed by atoms with Gasteiger partial charge in [-0.05, 0) is 0 Å². The molecule has 0 bridgehead atoms. The Labute approximate surface area is 182 Å². The Balaban J connectivity index is 3.99. The van der Waals surface area contributed by atoms with Crippen molar-refractivity contribution in [3.63, 3.8) is 0 Å². The van der Waals surface area contributed by atoms with Crippen molar-refractivity contribution in [2.75, 3.05) is 0 Å². The van der Waals surface area contributed by atoms with Crippen LogP contribution in [0.3, 0.4) is 0 Å². The van der Waals surface area contributed by atoms with Gasteiger partial charge in [0.1, 0.15) is 0 Å². The van der Waals surface area contributed by atoms with Gasteiger partial charge in [-0.3, -0.25) is 0 Å². The van der Waals surface area contributed by atoms with Gasteiger partial charge >= 0.3 is 0 Å². The molecule has 0 aromatic carbocycles. The summed E-state index contributed by atoms with van der Waals surface area (Å²) in [6.45, 7) is 9.62. The molecular weight excluding hydrogens is 352 g/mol. The summed E-state index contributed by atoms with van der Waals surface area (Å²) in [5.74, 6) is 0. The monoisotopic (exact) mass is 410 g/mol. The van der Waals surface area contributed by atoms with Gasteiger partial charge in [0.05, 0.1) is 0 Å². The Morgan fingerprint density at radius 2 is 0.750 bits per heavy atom. The third kappa shape index (κ3) is 19.5. The molecular formula is C27H58Si. The Morgan fingerprint density at radius 3 is 1.14 bits per heavy atom. The van der Waals surface area contributed by atoms with E-state index in [2.05, 4.69) is 27.7 Å². The van der Waals surface area contributed by atoms with Crippen LogP contribution >= 0.6 is 0 Å². The van der Waals surface area contributed by atoms with Gasteiger partial charge in [0.2, 0.25) is 0 Å². The second-order valence-electron chi connectivity index (χ2n) is 9.76. The molecule has 0 rings (SSSR count). The Kier molecular flexibility index (Phi) is 23.7. The molecule has 0 saturated heterocycles. The van der Waals surface area contributed by atoms with Gasteiger partial charge in [-0.2, -0.15) is 0 Å². The van der Waals surface area contributed by atoms with Crippen molar-refractivity contribution in [1.29, 1.82) is 0 Å². The fraction of sp³-hybridized carbons (Fsp3) is 1.00. The van der Waals surface area contributed by atoms with Crippen molar-refractivity contribution < 1.29 is 0 Å². The van der Waals surface area contributed by atoms with E-state index in [-0.39, 0.29) is 0 Å². The lowest BCUT2D eigenvalue weighted by atomic mass is 10.1. The molecule has 0 amide bonds. The van der Waals surface area contributed by atoms with Crippen molar-refractivity contribution in [3.8, 4) is 0 Å². The Hall–Kier alpha value is 0.217. The first kappa shape index (κ1) is 28.2. The predicted molar refractivity (Wildman–Crippen MR) is 136 cm³/mol. The molecule has 28 heavy (non-hydrogen) atoms. The quantitative estimate of drug-likeness (QED) is 0.116. The maximum Gasteiger partial charge on any atom is 0.0396 e. The summed E-state index contributed by atoms with van der Waals surface area (Å²) < 4.78 is 0. The third-order valence-corrected chi connectivity index (χ3v) is 11.2. The summed E-state index contributed by atoms with van der Waals surface area (Å²) in [6, 6.07) is 3.30. The molecule has 170 valence electrons. The van der Waals surface area contributed by atoms with Crippen LogP contribution in [-0.2, 0) is 0 Å². The van der Waals surface area contributed by atoms with Crippen LogP contribution in [0, 0.1) is 0 Å². The van der Waals surface area contributed by atoms with E-state index in [0.717, 1.165) is 5.54 Å². The molecule has 0 N–H and O–H groups in total. The first-order chi connectivity index (χ1) is 13.8. The molecule has 0 aliphatic heterocycles. The van der Waals surface area contributed by atoms with Gasteiger partial charge < -0.3 is 0 Å². The molecule has 0 fully saturated rings. The summed E-state index contributed by atoms with van der Waals surface area (Å²) in [7, 11) is -0.516. The van der Waals surface area contributed by atoms with Gasteiger partial charge in [-0.15, -0.1) is 0 Å². The van der Waals surface area contributed by atoms with E-state index in [0.29, 0.717) is 0 Å². The van der Waals surface area contributed by atoms with Crippen LogP contribution in [0.4, 0.5) is 0 Å². The lowest BCUT2D eigenvalue weighted by Crippen LogP contribution is -2.18. The van der Waals surface area contributed by atoms with Crippen LogP contribution in [-0.4, -0.2) is 8.80 Å². The van der Waals surface area contributed by atoms with Crippen molar-refractivity contribution in [2.24, 2.45) is 0 Å². The predicted octanol–water partition coefficient (Wildman–Crippen LogP) is 10.5. The minimum Gasteiger partial charge on any atom is -0.0654 e. The standard InChI is InChI=1S/C27H58Si/c1-5-8-11-14-17-18-21-24-27(4)28(25-22-19-15-12-9-6-2)26-23-20-16-13-10-7-3/h27-28H,5-26H2,1-4H3. The van der Waals surface area contributed by atoms with Crippen molar-refractivity contribution in [2.45, 2.75) is 174 Å². The van der Waals surface area contributed by atoms with Gasteiger partial charge in [-0.1, -0.05) is 174 Å². The molecule has 0 spiro atoms. The molecule has 0 nitrogen and oxygen atoms in total. The molecule has 0 radical (unpaired) electrons. The smallest absolute Gasteiger partial charge is 0.0396 e. The lowest BCUT2D eigenvalue weighted by molar-refractivity contribution is 0.566. The van der Waals surface area contributed by atoms with Gasteiger partial charge in [0, 0.05) is 8.80 Å². The van der Waals surface area contributed by atoms with E-state index in [1.54, 1.807) is 31.4 Å². The summed E-state index contributed by atoms with van der Waals surface area (Å²) in [6.07, 6.45) is 29.6. The SMILES string of the molecule is CCCCCCCCCC(C)[SiH](CCCCCCCC)CCCCCCCC. The maximum atomic E-state index is 2.64. The summed E-state index contributed by atoms with van der Waals surface area (Å²) in [5.41, 5.74) is 1.10. The first-order valence-corrected chi connectivity index (χ1v) is 16.1. The molecule has 1 atom stereocenters. The number of hydrogen-bond donors (Lipinski definition) is 0. The normalized spacial score (nSPS) is 12.8.